The predicted octanol–water partition coefficient (Wildman–Crippen LogP) is 1.12. The highest BCUT2D eigenvalue weighted by Crippen LogP contribution is 2.25. The van der Waals surface area contributed by atoms with Gasteiger partial charge in [0.1, 0.15) is 0 Å². The highest BCUT2D eigenvalue weighted by molar-refractivity contribution is 6.00. The minimum absolute atomic E-state index is 0.0221. The molecule has 0 aromatic heterocycles. The average Bonchev–Trinajstić information content (AvgIpc) is 3.09. The molecule has 5 heteroatoms. The lowest BCUT2D eigenvalue weighted by Gasteiger charge is -2.18. The fourth-order valence-electron chi connectivity index (χ4n) is 3.13. The molecule has 0 saturated carbocycles. The lowest BCUT2D eigenvalue weighted by atomic mass is 10.1. The van der Waals surface area contributed by atoms with Gasteiger partial charge in [0.2, 0.25) is 11.8 Å². The molecule has 2 aliphatic rings. The van der Waals surface area contributed by atoms with Crippen LogP contribution < -0.4 is 10.6 Å². The number of benzene rings is 1. The van der Waals surface area contributed by atoms with E-state index in [0.717, 1.165) is 12.2 Å². The van der Waals surface area contributed by atoms with Crippen LogP contribution in [0.15, 0.2) is 24.3 Å². The Morgan fingerprint density at radius 1 is 1.19 bits per heavy atom. The molecule has 2 N–H and O–H groups in total. The van der Waals surface area contributed by atoms with Crippen molar-refractivity contribution in [2.24, 2.45) is 11.7 Å². The van der Waals surface area contributed by atoms with E-state index in [1.807, 2.05) is 12.1 Å². The fourth-order valence-corrected chi connectivity index (χ4v) is 3.13. The highest BCUT2D eigenvalue weighted by atomic mass is 16.2. The van der Waals surface area contributed by atoms with Crippen molar-refractivity contribution in [3.05, 3.63) is 29.8 Å². The van der Waals surface area contributed by atoms with Gasteiger partial charge in [-0.1, -0.05) is 12.1 Å². The summed E-state index contributed by atoms with van der Waals surface area (Å²) in [6.45, 7) is 3.72. The van der Waals surface area contributed by atoms with Crippen molar-refractivity contribution in [3.63, 3.8) is 0 Å². The molecule has 3 rings (SSSR count). The largest absolute Gasteiger partial charge is 0.369 e. The first-order chi connectivity index (χ1) is 10.1. The quantitative estimate of drug-likeness (QED) is 0.902. The van der Waals surface area contributed by atoms with E-state index in [4.69, 9.17) is 5.73 Å². The number of carbonyl (C=O) groups is 2. The summed E-state index contributed by atoms with van der Waals surface area (Å²) in [6, 6.07) is 8.07. The Balaban J connectivity index is 1.66. The van der Waals surface area contributed by atoms with Crippen LogP contribution in [0.25, 0.3) is 0 Å². The molecule has 1 aromatic rings. The summed E-state index contributed by atoms with van der Waals surface area (Å²) in [7, 11) is 0. The van der Waals surface area contributed by atoms with Crippen LogP contribution in [0.2, 0.25) is 0 Å². The fraction of sp³-hybridized carbons (Fsp3) is 0.500. The van der Waals surface area contributed by atoms with E-state index in [9.17, 15) is 9.59 Å². The van der Waals surface area contributed by atoms with Crippen LogP contribution in [0.4, 0.5) is 5.69 Å². The van der Waals surface area contributed by atoms with Crippen LogP contribution in [-0.4, -0.2) is 36.3 Å². The number of hydrogen-bond acceptors (Lipinski definition) is 3. The van der Waals surface area contributed by atoms with Gasteiger partial charge >= 0.3 is 0 Å². The Labute approximate surface area is 124 Å². The second kappa shape index (κ2) is 5.85. The molecule has 1 unspecified atom stereocenters. The maximum atomic E-state index is 12.0. The molecular formula is C16H21N3O2. The van der Waals surface area contributed by atoms with Crippen molar-refractivity contribution in [1.82, 2.24) is 4.90 Å². The van der Waals surface area contributed by atoms with Crippen molar-refractivity contribution in [3.8, 4) is 0 Å². The Kier molecular flexibility index (Phi) is 3.92. The number of nitrogens with zero attached hydrogens (tertiary/aromatic N) is 2. The monoisotopic (exact) mass is 287 g/mol. The summed E-state index contributed by atoms with van der Waals surface area (Å²) in [4.78, 5) is 27.3. The first-order valence-corrected chi connectivity index (χ1v) is 7.54. The summed E-state index contributed by atoms with van der Waals surface area (Å²) in [6.07, 6.45) is 2.80. The maximum absolute atomic E-state index is 12.0. The average molecular weight is 287 g/mol. The summed E-state index contributed by atoms with van der Waals surface area (Å²) in [5.41, 5.74) is 7.41. The standard InChI is InChI=1S/C16H21N3O2/c17-16(21)13-9-15(20)19(11-13)14-5-3-12(4-6-14)10-18-7-1-2-8-18/h3-6,13H,1-2,7-11H2,(H2,17,21). The lowest BCUT2D eigenvalue weighted by molar-refractivity contribution is -0.123. The van der Waals surface area contributed by atoms with Gasteiger partial charge < -0.3 is 10.6 Å². The molecule has 1 atom stereocenters. The third-order valence-corrected chi connectivity index (χ3v) is 4.38. The first-order valence-electron chi connectivity index (χ1n) is 7.54. The first kappa shape index (κ1) is 14.1. The van der Waals surface area contributed by atoms with E-state index >= 15 is 0 Å². The number of primary amides is 1. The molecule has 2 fully saturated rings. The van der Waals surface area contributed by atoms with E-state index in [2.05, 4.69) is 17.0 Å². The minimum atomic E-state index is -0.392. The number of amides is 2. The number of likely N-dealkylation sites (tertiary alicyclic amines) is 1. The van der Waals surface area contributed by atoms with Gasteiger partial charge in [-0.05, 0) is 43.6 Å². The predicted molar refractivity (Wildman–Crippen MR) is 80.6 cm³/mol. The van der Waals surface area contributed by atoms with Gasteiger partial charge in [0, 0.05) is 25.2 Å². The summed E-state index contributed by atoms with van der Waals surface area (Å²) in [5.74, 6) is -0.774. The second-order valence-corrected chi connectivity index (χ2v) is 5.96. The van der Waals surface area contributed by atoms with Crippen LogP contribution in [0.3, 0.4) is 0 Å². The number of nitrogens with two attached hydrogens (primary N) is 1. The van der Waals surface area contributed by atoms with Crippen LogP contribution in [-0.2, 0) is 16.1 Å². The van der Waals surface area contributed by atoms with Crippen LogP contribution in [0.1, 0.15) is 24.8 Å². The van der Waals surface area contributed by atoms with Gasteiger partial charge in [0.25, 0.3) is 0 Å². The van der Waals surface area contributed by atoms with Gasteiger partial charge in [-0.15, -0.1) is 0 Å². The van der Waals surface area contributed by atoms with E-state index in [1.165, 1.54) is 31.5 Å². The molecule has 5 nitrogen and oxygen atoms in total. The number of carbonyl (C=O) groups excluding carboxylic acids is 2. The molecule has 1 aromatic carbocycles. The van der Waals surface area contributed by atoms with Gasteiger partial charge in [-0.2, -0.15) is 0 Å². The van der Waals surface area contributed by atoms with Gasteiger partial charge in [0.15, 0.2) is 0 Å². The Morgan fingerprint density at radius 2 is 1.86 bits per heavy atom. The Bertz CT molecular complexity index is 535. The van der Waals surface area contributed by atoms with E-state index in [-0.39, 0.29) is 18.2 Å². The third-order valence-electron chi connectivity index (χ3n) is 4.38. The van der Waals surface area contributed by atoms with Crippen LogP contribution in [0.5, 0.6) is 0 Å². The molecular weight excluding hydrogens is 266 g/mol. The SMILES string of the molecule is NC(=O)C1CC(=O)N(c2ccc(CN3CCCC3)cc2)C1. The topological polar surface area (TPSA) is 66.6 Å². The second-order valence-electron chi connectivity index (χ2n) is 5.96. The van der Waals surface area contributed by atoms with Gasteiger partial charge in [-0.3, -0.25) is 14.5 Å². The third kappa shape index (κ3) is 3.08. The zero-order valence-electron chi connectivity index (χ0n) is 12.1. The maximum Gasteiger partial charge on any atom is 0.227 e. The van der Waals surface area contributed by atoms with Crippen molar-refractivity contribution in [1.29, 1.82) is 0 Å². The van der Waals surface area contributed by atoms with Crippen LogP contribution >= 0.6 is 0 Å². The molecule has 21 heavy (non-hydrogen) atoms. The molecule has 2 amide bonds. The number of rotatable bonds is 4. The zero-order valence-corrected chi connectivity index (χ0v) is 12.1. The Hall–Kier alpha value is -1.88. The van der Waals surface area contributed by atoms with Gasteiger partial charge in [-0.25, -0.2) is 0 Å². The van der Waals surface area contributed by atoms with Crippen LogP contribution in [0, 0.1) is 5.92 Å². The number of anilines is 1. The zero-order chi connectivity index (χ0) is 14.8. The molecule has 2 heterocycles. The minimum Gasteiger partial charge on any atom is -0.369 e. The van der Waals surface area contributed by atoms with E-state index < -0.39 is 5.91 Å². The van der Waals surface area contributed by atoms with Crippen molar-refractivity contribution < 1.29 is 9.59 Å². The van der Waals surface area contributed by atoms with Crippen molar-refractivity contribution in [2.75, 3.05) is 24.5 Å². The molecule has 0 spiro atoms. The van der Waals surface area contributed by atoms with E-state index in [0.29, 0.717) is 6.54 Å². The molecule has 0 bridgehead atoms. The molecule has 2 aliphatic heterocycles. The molecule has 0 aliphatic carbocycles. The summed E-state index contributed by atoms with van der Waals surface area (Å²) < 4.78 is 0. The normalized spacial score (nSPS) is 23.0. The lowest BCUT2D eigenvalue weighted by Crippen LogP contribution is -2.28. The molecule has 112 valence electrons. The molecule has 0 radical (unpaired) electrons. The smallest absolute Gasteiger partial charge is 0.227 e. The Morgan fingerprint density at radius 3 is 2.43 bits per heavy atom. The van der Waals surface area contributed by atoms with Crippen molar-refractivity contribution >= 4 is 17.5 Å². The number of hydrogen-bond donors (Lipinski definition) is 1. The summed E-state index contributed by atoms with van der Waals surface area (Å²) in [5, 5.41) is 0. The summed E-state index contributed by atoms with van der Waals surface area (Å²) >= 11 is 0. The highest BCUT2D eigenvalue weighted by Gasteiger charge is 2.33. The van der Waals surface area contributed by atoms with E-state index in [1.54, 1.807) is 4.90 Å². The van der Waals surface area contributed by atoms with Gasteiger partial charge in [0.05, 0.1) is 5.92 Å². The molecule has 2 saturated heterocycles. The van der Waals surface area contributed by atoms with Crippen molar-refractivity contribution in [2.45, 2.75) is 25.8 Å².